The fourth-order valence-corrected chi connectivity index (χ4v) is 3.46. The SMILES string of the molecule is Cc1cccc(CN(O)[C@]2(O)C(n3c(N)c(/C=C/F)cnc3=O)O[C@H](CO)[C@H]2O)c1. The van der Waals surface area contributed by atoms with Crippen molar-refractivity contribution in [2.75, 3.05) is 12.3 Å². The van der Waals surface area contributed by atoms with E-state index in [0.29, 0.717) is 15.2 Å². The normalized spacial score (nSPS) is 26.7. The van der Waals surface area contributed by atoms with Crippen molar-refractivity contribution in [3.63, 3.8) is 0 Å². The first kappa shape index (κ1) is 22.0. The van der Waals surface area contributed by atoms with Gasteiger partial charge in [-0.15, -0.1) is 5.06 Å². The summed E-state index contributed by atoms with van der Waals surface area (Å²) in [5.74, 6) is -0.318. The minimum absolute atomic E-state index is 0.00756. The van der Waals surface area contributed by atoms with Gasteiger partial charge in [0.05, 0.1) is 19.5 Å². The molecule has 1 aromatic carbocycles. The van der Waals surface area contributed by atoms with Crippen LogP contribution in [0.3, 0.4) is 0 Å². The molecular formula is C19H23FN4O6. The predicted octanol–water partition coefficient (Wildman–Crippen LogP) is -0.0953. The Morgan fingerprint density at radius 3 is 2.83 bits per heavy atom. The van der Waals surface area contributed by atoms with Crippen molar-refractivity contribution in [3.8, 4) is 0 Å². The number of benzene rings is 1. The Labute approximate surface area is 170 Å². The number of aliphatic hydroxyl groups excluding tert-OH is 2. The van der Waals surface area contributed by atoms with E-state index in [9.17, 15) is 29.7 Å². The number of nitrogen functional groups attached to an aromatic ring is 1. The molecule has 162 valence electrons. The molecule has 0 radical (unpaired) electrons. The lowest BCUT2D eigenvalue weighted by Gasteiger charge is -2.38. The van der Waals surface area contributed by atoms with Gasteiger partial charge in [0.15, 0.2) is 6.23 Å². The van der Waals surface area contributed by atoms with Crippen LogP contribution in [0.2, 0.25) is 0 Å². The van der Waals surface area contributed by atoms with Crippen LogP contribution in [0, 0.1) is 6.92 Å². The Hall–Kier alpha value is -2.67. The summed E-state index contributed by atoms with van der Waals surface area (Å²) >= 11 is 0. The molecule has 6 N–H and O–H groups in total. The van der Waals surface area contributed by atoms with E-state index in [0.717, 1.165) is 17.8 Å². The van der Waals surface area contributed by atoms with Crippen LogP contribution in [0.15, 0.2) is 41.6 Å². The maximum absolute atomic E-state index is 12.6. The Kier molecular flexibility index (Phi) is 6.31. The van der Waals surface area contributed by atoms with Gasteiger partial charge in [0.25, 0.3) is 0 Å². The van der Waals surface area contributed by atoms with Crippen molar-refractivity contribution in [1.29, 1.82) is 0 Å². The summed E-state index contributed by atoms with van der Waals surface area (Å²) in [4.78, 5) is 16.0. The van der Waals surface area contributed by atoms with E-state index in [-0.39, 0.29) is 24.3 Å². The van der Waals surface area contributed by atoms with Crippen molar-refractivity contribution in [2.24, 2.45) is 0 Å². The number of aryl methyl sites for hydroxylation is 1. The molecule has 4 atom stereocenters. The number of ether oxygens (including phenoxy) is 1. The molecule has 11 heteroatoms. The molecule has 1 aliphatic heterocycles. The maximum Gasteiger partial charge on any atom is 0.351 e. The number of nitrogens with two attached hydrogens (primary N) is 1. The molecule has 0 aliphatic carbocycles. The minimum atomic E-state index is -2.59. The number of hydroxylamine groups is 2. The molecule has 1 unspecified atom stereocenters. The first-order chi connectivity index (χ1) is 14.2. The number of aromatic nitrogens is 2. The van der Waals surface area contributed by atoms with Gasteiger partial charge in [-0.05, 0) is 18.6 Å². The standard InChI is InChI=1S/C19H23FN4O6/c1-11-3-2-4-12(7-11)9-23(29)19(28)15(26)14(10-25)30-17(19)24-16(21)13(5-6-20)8-22-18(24)27/h2-8,14-15,17,25-26,28-29H,9-10,21H2,1H3/b6-5+/t14-,15-,17?,19-/m1/s1. The average molecular weight is 422 g/mol. The molecule has 1 fully saturated rings. The van der Waals surface area contributed by atoms with E-state index in [4.69, 9.17) is 10.5 Å². The summed E-state index contributed by atoms with van der Waals surface area (Å²) in [5, 5.41) is 42.6. The fraction of sp³-hybridized carbons (Fsp3) is 0.368. The molecule has 10 nitrogen and oxygen atoms in total. The molecular weight excluding hydrogens is 399 g/mol. The lowest BCUT2D eigenvalue weighted by atomic mass is 10.0. The number of aliphatic hydroxyl groups is 3. The van der Waals surface area contributed by atoms with E-state index in [2.05, 4.69) is 4.98 Å². The second-order valence-electron chi connectivity index (χ2n) is 7.03. The molecule has 2 aromatic rings. The topological polar surface area (TPSA) is 154 Å². The molecule has 1 saturated heterocycles. The predicted molar refractivity (Wildman–Crippen MR) is 104 cm³/mol. The van der Waals surface area contributed by atoms with Crippen LogP contribution in [0.25, 0.3) is 6.08 Å². The average Bonchev–Trinajstić information content (AvgIpc) is 2.96. The van der Waals surface area contributed by atoms with Crippen molar-refractivity contribution in [2.45, 2.75) is 37.6 Å². The Morgan fingerprint density at radius 1 is 1.47 bits per heavy atom. The highest BCUT2D eigenvalue weighted by atomic mass is 19.1. The maximum atomic E-state index is 12.6. The zero-order valence-electron chi connectivity index (χ0n) is 16.1. The van der Waals surface area contributed by atoms with E-state index >= 15 is 0 Å². The molecule has 30 heavy (non-hydrogen) atoms. The molecule has 1 aliphatic rings. The molecule has 0 bridgehead atoms. The first-order valence-electron chi connectivity index (χ1n) is 9.06. The fourth-order valence-electron chi connectivity index (χ4n) is 3.46. The number of hydrogen-bond donors (Lipinski definition) is 5. The lowest BCUT2D eigenvalue weighted by Crippen LogP contribution is -2.59. The largest absolute Gasteiger partial charge is 0.394 e. The van der Waals surface area contributed by atoms with Gasteiger partial charge < -0.3 is 31.0 Å². The van der Waals surface area contributed by atoms with Gasteiger partial charge in [-0.3, -0.25) is 0 Å². The van der Waals surface area contributed by atoms with Crippen molar-refractivity contribution in [3.05, 3.63) is 64.0 Å². The van der Waals surface area contributed by atoms with Crippen molar-refractivity contribution >= 4 is 11.9 Å². The van der Waals surface area contributed by atoms with Gasteiger partial charge in [0.2, 0.25) is 5.72 Å². The zero-order valence-corrected chi connectivity index (χ0v) is 16.1. The highest BCUT2D eigenvalue weighted by Crippen LogP contribution is 2.41. The van der Waals surface area contributed by atoms with Gasteiger partial charge in [-0.2, -0.15) is 0 Å². The highest BCUT2D eigenvalue weighted by molar-refractivity contribution is 5.59. The van der Waals surface area contributed by atoms with Crippen molar-refractivity contribution in [1.82, 2.24) is 14.6 Å². The van der Waals surface area contributed by atoms with E-state index in [1.807, 2.05) is 13.0 Å². The highest BCUT2D eigenvalue weighted by Gasteiger charge is 2.60. The summed E-state index contributed by atoms with van der Waals surface area (Å²) in [6.07, 6.45) is -2.77. The second-order valence-corrected chi connectivity index (χ2v) is 7.03. The molecule has 0 amide bonds. The minimum Gasteiger partial charge on any atom is -0.394 e. The monoisotopic (exact) mass is 422 g/mol. The smallest absolute Gasteiger partial charge is 0.351 e. The van der Waals surface area contributed by atoms with Crippen LogP contribution in [0.4, 0.5) is 10.2 Å². The lowest BCUT2D eigenvalue weighted by molar-refractivity contribution is -0.317. The van der Waals surface area contributed by atoms with Gasteiger partial charge in [-0.25, -0.2) is 18.7 Å². The van der Waals surface area contributed by atoms with Crippen LogP contribution < -0.4 is 11.4 Å². The Bertz CT molecular complexity index is 999. The van der Waals surface area contributed by atoms with Crippen LogP contribution >= 0.6 is 0 Å². The van der Waals surface area contributed by atoms with Gasteiger partial charge in [0.1, 0.15) is 18.0 Å². The second kappa shape index (κ2) is 8.60. The number of nitrogens with zero attached hydrogens (tertiary/aromatic N) is 3. The Balaban J connectivity index is 2.09. The number of rotatable bonds is 6. The summed E-state index contributed by atoms with van der Waals surface area (Å²) in [5.41, 5.74) is 3.89. The third-order valence-corrected chi connectivity index (χ3v) is 5.02. The van der Waals surface area contributed by atoms with E-state index in [1.165, 1.54) is 0 Å². The van der Waals surface area contributed by atoms with Crippen LogP contribution in [-0.4, -0.2) is 59.7 Å². The van der Waals surface area contributed by atoms with Gasteiger partial charge in [-0.1, -0.05) is 29.8 Å². The van der Waals surface area contributed by atoms with Gasteiger partial charge >= 0.3 is 5.69 Å². The summed E-state index contributed by atoms with van der Waals surface area (Å²) < 4.78 is 18.8. The summed E-state index contributed by atoms with van der Waals surface area (Å²) in [7, 11) is 0. The third kappa shape index (κ3) is 3.74. The zero-order chi connectivity index (χ0) is 22.1. The number of anilines is 1. The molecule has 1 aromatic heterocycles. The summed E-state index contributed by atoms with van der Waals surface area (Å²) in [6, 6.07) is 7.03. The van der Waals surface area contributed by atoms with Crippen LogP contribution in [0.5, 0.6) is 0 Å². The Morgan fingerprint density at radius 2 is 2.20 bits per heavy atom. The quantitative estimate of drug-likeness (QED) is 0.317. The molecule has 2 heterocycles. The first-order valence-corrected chi connectivity index (χ1v) is 9.06. The van der Waals surface area contributed by atoms with Crippen LogP contribution in [0.1, 0.15) is 22.9 Å². The third-order valence-electron chi connectivity index (χ3n) is 5.02. The van der Waals surface area contributed by atoms with E-state index in [1.54, 1.807) is 18.2 Å². The summed E-state index contributed by atoms with van der Waals surface area (Å²) in [6.45, 7) is 0.873. The number of halogens is 1. The molecule has 0 spiro atoms. The molecule has 3 rings (SSSR count). The van der Waals surface area contributed by atoms with Crippen molar-refractivity contribution < 1.29 is 29.7 Å². The van der Waals surface area contributed by atoms with Crippen LogP contribution in [-0.2, 0) is 11.3 Å². The number of hydrogen-bond acceptors (Lipinski definition) is 9. The van der Waals surface area contributed by atoms with E-state index < -0.39 is 36.5 Å². The van der Waals surface area contributed by atoms with Gasteiger partial charge in [0, 0.05) is 11.8 Å². The molecule has 0 saturated carbocycles.